The molecule has 0 saturated carbocycles. The average molecular weight is 259 g/mol. The van der Waals surface area contributed by atoms with Crippen LogP contribution in [0.15, 0.2) is 30.3 Å². The summed E-state index contributed by atoms with van der Waals surface area (Å²) in [7, 11) is 0. The Morgan fingerprint density at radius 1 is 1.42 bits per heavy atom. The van der Waals surface area contributed by atoms with Gasteiger partial charge in [0.1, 0.15) is 6.10 Å². The number of aliphatic hydroxyl groups is 1. The monoisotopic (exact) mass is 259 g/mol. The van der Waals surface area contributed by atoms with Crippen molar-refractivity contribution in [3.8, 4) is 6.07 Å². The topological polar surface area (TPSA) is 116 Å². The molecule has 0 spiro atoms. The Hall–Kier alpha value is -2.65. The zero-order chi connectivity index (χ0) is 14.3. The van der Waals surface area contributed by atoms with Crippen molar-refractivity contribution in [2.45, 2.75) is 6.10 Å². The van der Waals surface area contributed by atoms with Crippen molar-refractivity contribution in [3.63, 3.8) is 0 Å². The number of nitrogens with two attached hydrogens (primary N) is 1. The molecule has 0 aliphatic carbocycles. The van der Waals surface area contributed by atoms with Crippen molar-refractivity contribution in [3.05, 3.63) is 41.5 Å². The first-order chi connectivity index (χ1) is 9.02. The van der Waals surface area contributed by atoms with Crippen LogP contribution in [-0.2, 0) is 9.59 Å². The van der Waals surface area contributed by atoms with Crippen LogP contribution in [0.2, 0.25) is 0 Å². The van der Waals surface area contributed by atoms with Crippen LogP contribution in [0.25, 0.3) is 6.08 Å². The molecule has 0 saturated heterocycles. The summed E-state index contributed by atoms with van der Waals surface area (Å²) in [5, 5.41) is 20.0. The van der Waals surface area contributed by atoms with Crippen molar-refractivity contribution in [2.24, 2.45) is 5.73 Å². The lowest BCUT2D eigenvalue weighted by Crippen LogP contribution is -2.39. The molecule has 6 heteroatoms. The third kappa shape index (κ3) is 5.02. The maximum Gasteiger partial charge on any atom is 0.248 e. The predicted octanol–water partition coefficient (Wildman–Crippen LogP) is -0.466. The molecule has 0 bridgehead atoms. The summed E-state index contributed by atoms with van der Waals surface area (Å²) in [5.74, 6) is -1.35. The molecule has 0 heterocycles. The maximum absolute atomic E-state index is 11.4. The van der Waals surface area contributed by atoms with Gasteiger partial charge in [0, 0.05) is 6.08 Å². The van der Waals surface area contributed by atoms with Crippen molar-refractivity contribution in [1.82, 2.24) is 5.32 Å². The van der Waals surface area contributed by atoms with Crippen LogP contribution in [-0.4, -0.2) is 29.6 Å². The highest BCUT2D eigenvalue weighted by atomic mass is 16.3. The SMILES string of the molecule is N#Cc1ccc(/C=C/C(=O)NCC(O)C(N)=O)cc1. The normalized spacial score (nSPS) is 11.8. The van der Waals surface area contributed by atoms with Gasteiger partial charge in [-0.25, -0.2) is 0 Å². The van der Waals surface area contributed by atoms with Gasteiger partial charge in [-0.05, 0) is 23.8 Å². The first-order valence-electron chi connectivity index (χ1n) is 5.46. The van der Waals surface area contributed by atoms with Crippen molar-refractivity contribution >= 4 is 17.9 Å². The van der Waals surface area contributed by atoms with Gasteiger partial charge < -0.3 is 16.2 Å². The van der Waals surface area contributed by atoms with E-state index in [0.29, 0.717) is 5.56 Å². The van der Waals surface area contributed by atoms with Gasteiger partial charge in [0.05, 0.1) is 18.2 Å². The number of primary amides is 1. The molecule has 1 aromatic carbocycles. The summed E-state index contributed by atoms with van der Waals surface area (Å²) in [6.07, 6.45) is 1.41. The lowest BCUT2D eigenvalue weighted by Gasteiger charge is -2.05. The summed E-state index contributed by atoms with van der Waals surface area (Å²) in [6.45, 7) is -0.230. The molecule has 4 N–H and O–H groups in total. The average Bonchev–Trinajstić information content (AvgIpc) is 2.42. The van der Waals surface area contributed by atoms with E-state index in [-0.39, 0.29) is 6.54 Å². The van der Waals surface area contributed by atoms with E-state index in [2.05, 4.69) is 5.32 Å². The van der Waals surface area contributed by atoms with E-state index < -0.39 is 17.9 Å². The fraction of sp³-hybridized carbons (Fsp3) is 0.154. The number of hydrogen-bond acceptors (Lipinski definition) is 4. The van der Waals surface area contributed by atoms with Crippen LogP contribution in [0.3, 0.4) is 0 Å². The Bertz CT molecular complexity index is 529. The Balaban J connectivity index is 2.49. The quantitative estimate of drug-likeness (QED) is 0.620. The largest absolute Gasteiger partial charge is 0.381 e. The number of nitriles is 1. The summed E-state index contributed by atoms with van der Waals surface area (Å²) in [5.41, 5.74) is 6.12. The van der Waals surface area contributed by atoms with Gasteiger partial charge in [-0.2, -0.15) is 5.26 Å². The van der Waals surface area contributed by atoms with E-state index in [9.17, 15) is 9.59 Å². The van der Waals surface area contributed by atoms with E-state index in [1.54, 1.807) is 30.3 Å². The zero-order valence-electron chi connectivity index (χ0n) is 10.0. The highest BCUT2D eigenvalue weighted by Gasteiger charge is 2.10. The minimum atomic E-state index is -1.40. The molecule has 19 heavy (non-hydrogen) atoms. The van der Waals surface area contributed by atoms with Crippen LogP contribution in [0.5, 0.6) is 0 Å². The van der Waals surface area contributed by atoms with Crippen LogP contribution in [0.4, 0.5) is 0 Å². The standard InChI is InChI=1S/C13H13N3O3/c14-7-10-3-1-9(2-4-10)5-6-12(18)16-8-11(17)13(15)19/h1-6,11,17H,8H2,(H2,15,19)(H,16,18)/b6-5+. The van der Waals surface area contributed by atoms with Crippen LogP contribution in [0.1, 0.15) is 11.1 Å². The van der Waals surface area contributed by atoms with Crippen LogP contribution in [0, 0.1) is 11.3 Å². The van der Waals surface area contributed by atoms with Crippen LogP contribution < -0.4 is 11.1 Å². The summed E-state index contributed by atoms with van der Waals surface area (Å²) < 4.78 is 0. The van der Waals surface area contributed by atoms with E-state index in [0.717, 1.165) is 5.56 Å². The van der Waals surface area contributed by atoms with E-state index in [4.69, 9.17) is 16.1 Å². The van der Waals surface area contributed by atoms with Gasteiger partial charge in [0.15, 0.2) is 0 Å². The van der Waals surface area contributed by atoms with Gasteiger partial charge in [-0.15, -0.1) is 0 Å². The van der Waals surface area contributed by atoms with E-state index in [1.165, 1.54) is 6.08 Å². The predicted molar refractivity (Wildman–Crippen MR) is 68.4 cm³/mol. The number of rotatable bonds is 5. The van der Waals surface area contributed by atoms with Gasteiger partial charge in [0.2, 0.25) is 11.8 Å². The van der Waals surface area contributed by atoms with Crippen molar-refractivity contribution in [1.29, 1.82) is 5.26 Å². The third-order valence-corrected chi connectivity index (χ3v) is 2.27. The van der Waals surface area contributed by atoms with E-state index >= 15 is 0 Å². The molecule has 0 aliphatic heterocycles. The molecule has 1 unspecified atom stereocenters. The number of benzene rings is 1. The second-order valence-corrected chi connectivity index (χ2v) is 3.73. The molecule has 1 aromatic rings. The molecule has 1 rings (SSSR count). The summed E-state index contributed by atoms with van der Waals surface area (Å²) >= 11 is 0. The minimum Gasteiger partial charge on any atom is -0.381 e. The summed E-state index contributed by atoms with van der Waals surface area (Å²) in [6, 6.07) is 8.64. The molecule has 6 nitrogen and oxygen atoms in total. The number of nitrogens with zero attached hydrogens (tertiary/aromatic N) is 1. The number of aliphatic hydroxyl groups excluding tert-OH is 1. The first-order valence-corrected chi connectivity index (χ1v) is 5.46. The van der Waals surface area contributed by atoms with Gasteiger partial charge >= 0.3 is 0 Å². The number of nitrogens with one attached hydrogen (secondary N) is 1. The van der Waals surface area contributed by atoms with Gasteiger partial charge in [0.25, 0.3) is 0 Å². The maximum atomic E-state index is 11.4. The fourth-order valence-electron chi connectivity index (χ4n) is 1.20. The van der Waals surface area contributed by atoms with Gasteiger partial charge in [-0.1, -0.05) is 12.1 Å². The Labute approximate surface area is 110 Å². The third-order valence-electron chi connectivity index (χ3n) is 2.27. The Kier molecular flexibility index (Phi) is 5.26. The molecule has 98 valence electrons. The number of carbonyl (C=O) groups excluding carboxylic acids is 2. The highest BCUT2D eigenvalue weighted by molar-refractivity contribution is 5.92. The lowest BCUT2D eigenvalue weighted by atomic mass is 10.1. The summed E-state index contributed by atoms with van der Waals surface area (Å²) in [4.78, 5) is 21.9. The Morgan fingerprint density at radius 2 is 2.05 bits per heavy atom. The molecule has 0 radical (unpaired) electrons. The highest BCUT2D eigenvalue weighted by Crippen LogP contribution is 2.04. The fourth-order valence-corrected chi connectivity index (χ4v) is 1.20. The molecule has 2 amide bonds. The number of hydrogen-bond donors (Lipinski definition) is 3. The van der Waals surface area contributed by atoms with E-state index in [1.807, 2.05) is 6.07 Å². The zero-order valence-corrected chi connectivity index (χ0v) is 10.0. The second-order valence-electron chi connectivity index (χ2n) is 3.73. The van der Waals surface area contributed by atoms with Crippen LogP contribution >= 0.6 is 0 Å². The van der Waals surface area contributed by atoms with Crippen molar-refractivity contribution in [2.75, 3.05) is 6.54 Å². The molecule has 1 atom stereocenters. The molecular formula is C13H13N3O3. The lowest BCUT2D eigenvalue weighted by molar-refractivity contribution is -0.126. The minimum absolute atomic E-state index is 0.230. The van der Waals surface area contributed by atoms with Crippen molar-refractivity contribution < 1.29 is 14.7 Å². The first kappa shape index (κ1) is 14.4. The molecule has 0 aromatic heterocycles. The smallest absolute Gasteiger partial charge is 0.248 e. The van der Waals surface area contributed by atoms with Gasteiger partial charge in [-0.3, -0.25) is 9.59 Å². The number of amides is 2. The number of carbonyl (C=O) groups is 2. The molecule has 0 fully saturated rings. The second kappa shape index (κ2) is 6.93. The Morgan fingerprint density at radius 3 is 2.58 bits per heavy atom. The molecular weight excluding hydrogens is 246 g/mol. The molecule has 0 aliphatic rings.